The van der Waals surface area contributed by atoms with E-state index in [-0.39, 0.29) is 11.3 Å². The van der Waals surface area contributed by atoms with Gasteiger partial charge in [-0.05, 0) is 24.3 Å². The Morgan fingerprint density at radius 1 is 1.35 bits per heavy atom. The van der Waals surface area contributed by atoms with Gasteiger partial charge in [0.1, 0.15) is 5.70 Å². The van der Waals surface area contributed by atoms with Crippen molar-refractivity contribution in [3.05, 3.63) is 41.6 Å². The third-order valence-corrected chi connectivity index (χ3v) is 2.46. The summed E-state index contributed by atoms with van der Waals surface area (Å²) in [5.74, 6) is -1.77. The van der Waals surface area contributed by atoms with E-state index >= 15 is 0 Å². The number of carbonyl (C=O) groups is 3. The van der Waals surface area contributed by atoms with Gasteiger partial charge in [-0.15, -0.1) is 0 Å². The van der Waals surface area contributed by atoms with E-state index in [1.807, 2.05) is 0 Å². The molecule has 8 heteroatoms. The second kappa shape index (κ2) is 5.11. The molecule has 3 N–H and O–H groups in total. The van der Waals surface area contributed by atoms with E-state index in [1.54, 1.807) is 6.07 Å². The quantitative estimate of drug-likeness (QED) is 0.422. The SMILES string of the molecule is N#C/C=C1\NC(=O)N(Nc2ccc(C(=O)O)cc2)C1=O. The number of amides is 3. The van der Waals surface area contributed by atoms with E-state index < -0.39 is 17.9 Å². The number of nitriles is 1. The first-order chi connectivity index (χ1) is 9.52. The highest BCUT2D eigenvalue weighted by molar-refractivity contribution is 6.12. The molecule has 0 saturated carbocycles. The van der Waals surface area contributed by atoms with Gasteiger partial charge in [0.2, 0.25) is 0 Å². The summed E-state index contributed by atoms with van der Waals surface area (Å²) in [6.45, 7) is 0. The maximum atomic E-state index is 11.8. The molecule has 0 radical (unpaired) electrons. The molecular formula is C12H8N4O4. The smallest absolute Gasteiger partial charge is 0.348 e. The van der Waals surface area contributed by atoms with Gasteiger partial charge in [0.15, 0.2) is 0 Å². The minimum Gasteiger partial charge on any atom is -0.478 e. The van der Waals surface area contributed by atoms with Gasteiger partial charge in [0.05, 0.1) is 17.3 Å². The number of hydrogen-bond donors (Lipinski definition) is 3. The highest BCUT2D eigenvalue weighted by Gasteiger charge is 2.34. The number of carboxylic acid groups (broad SMARTS) is 1. The molecule has 1 saturated heterocycles. The molecule has 0 unspecified atom stereocenters. The molecule has 20 heavy (non-hydrogen) atoms. The third-order valence-electron chi connectivity index (χ3n) is 2.46. The van der Waals surface area contributed by atoms with Crippen molar-refractivity contribution in [2.45, 2.75) is 0 Å². The zero-order valence-corrected chi connectivity index (χ0v) is 9.95. The van der Waals surface area contributed by atoms with E-state index in [4.69, 9.17) is 10.4 Å². The lowest BCUT2D eigenvalue weighted by Crippen LogP contribution is -2.36. The second-order valence-corrected chi connectivity index (χ2v) is 3.75. The first kappa shape index (κ1) is 13.1. The van der Waals surface area contributed by atoms with Gasteiger partial charge in [0.25, 0.3) is 5.91 Å². The number of nitrogens with one attached hydrogen (secondary N) is 2. The number of benzene rings is 1. The van der Waals surface area contributed by atoms with Crippen molar-refractivity contribution in [2.75, 3.05) is 5.43 Å². The van der Waals surface area contributed by atoms with Crippen LogP contribution in [0.1, 0.15) is 10.4 Å². The van der Waals surface area contributed by atoms with Gasteiger partial charge in [-0.25, -0.2) is 9.59 Å². The van der Waals surface area contributed by atoms with E-state index in [2.05, 4.69) is 10.7 Å². The first-order valence-electron chi connectivity index (χ1n) is 5.38. The molecular weight excluding hydrogens is 264 g/mol. The number of aromatic carboxylic acids is 1. The molecule has 1 aliphatic heterocycles. The van der Waals surface area contributed by atoms with E-state index in [0.29, 0.717) is 10.7 Å². The lowest BCUT2D eigenvalue weighted by molar-refractivity contribution is -0.122. The van der Waals surface area contributed by atoms with Crippen molar-refractivity contribution in [1.82, 2.24) is 10.3 Å². The Morgan fingerprint density at radius 2 is 2.00 bits per heavy atom. The molecule has 1 aromatic carbocycles. The fraction of sp³-hybridized carbons (Fsp3) is 0. The molecule has 0 atom stereocenters. The van der Waals surface area contributed by atoms with E-state index in [0.717, 1.165) is 6.08 Å². The van der Waals surface area contributed by atoms with E-state index in [9.17, 15) is 14.4 Å². The van der Waals surface area contributed by atoms with Crippen LogP contribution in [0.25, 0.3) is 0 Å². The molecule has 2 rings (SSSR count). The highest BCUT2D eigenvalue weighted by Crippen LogP contribution is 2.15. The van der Waals surface area contributed by atoms with E-state index in [1.165, 1.54) is 24.3 Å². The normalized spacial score (nSPS) is 15.9. The fourth-order valence-electron chi connectivity index (χ4n) is 1.52. The monoisotopic (exact) mass is 272 g/mol. The number of hydrogen-bond acceptors (Lipinski definition) is 5. The second-order valence-electron chi connectivity index (χ2n) is 3.75. The number of carbonyl (C=O) groups excluding carboxylic acids is 2. The summed E-state index contributed by atoms with van der Waals surface area (Å²) in [5.41, 5.74) is 2.83. The molecule has 100 valence electrons. The minimum absolute atomic E-state index is 0.0813. The summed E-state index contributed by atoms with van der Waals surface area (Å²) in [6.07, 6.45) is 0.926. The number of nitrogens with zero attached hydrogens (tertiary/aromatic N) is 2. The molecule has 8 nitrogen and oxygen atoms in total. The van der Waals surface area contributed by atoms with Crippen LogP contribution in [0.4, 0.5) is 10.5 Å². The molecule has 0 aromatic heterocycles. The molecule has 1 aliphatic rings. The van der Waals surface area contributed by atoms with Gasteiger partial charge in [-0.1, -0.05) is 0 Å². The van der Waals surface area contributed by atoms with Crippen LogP contribution in [0, 0.1) is 11.3 Å². The number of allylic oxidation sites excluding steroid dienone is 1. The number of carboxylic acids is 1. The van der Waals surface area contributed by atoms with Crippen molar-refractivity contribution >= 4 is 23.6 Å². The van der Waals surface area contributed by atoms with Gasteiger partial charge in [-0.3, -0.25) is 10.2 Å². The van der Waals surface area contributed by atoms with Crippen molar-refractivity contribution in [1.29, 1.82) is 5.26 Å². The van der Waals surface area contributed by atoms with Crippen molar-refractivity contribution < 1.29 is 19.5 Å². The van der Waals surface area contributed by atoms with Crippen molar-refractivity contribution in [3.63, 3.8) is 0 Å². The van der Waals surface area contributed by atoms with Crippen LogP contribution in [-0.2, 0) is 4.79 Å². The summed E-state index contributed by atoms with van der Waals surface area (Å²) in [6, 6.07) is 6.41. The lowest BCUT2D eigenvalue weighted by Gasteiger charge is -2.14. The summed E-state index contributed by atoms with van der Waals surface area (Å²) in [7, 11) is 0. The third kappa shape index (κ3) is 2.41. The van der Waals surface area contributed by atoms with Crippen LogP contribution in [0.15, 0.2) is 36.0 Å². The zero-order valence-electron chi connectivity index (χ0n) is 9.95. The lowest BCUT2D eigenvalue weighted by atomic mass is 10.2. The zero-order chi connectivity index (χ0) is 14.7. The van der Waals surface area contributed by atoms with Crippen molar-refractivity contribution in [3.8, 4) is 6.07 Å². The summed E-state index contributed by atoms with van der Waals surface area (Å²) < 4.78 is 0. The number of rotatable bonds is 3. The average molecular weight is 272 g/mol. The predicted octanol–water partition coefficient (Wildman–Crippen LogP) is 0.671. The Bertz CT molecular complexity index is 657. The molecule has 0 spiro atoms. The van der Waals surface area contributed by atoms with Crippen LogP contribution >= 0.6 is 0 Å². The molecule has 1 aromatic rings. The van der Waals surface area contributed by atoms with Crippen LogP contribution in [0.5, 0.6) is 0 Å². The van der Waals surface area contributed by atoms with Gasteiger partial charge in [0, 0.05) is 6.08 Å². The molecule has 0 bridgehead atoms. The molecule has 1 heterocycles. The minimum atomic E-state index is -1.08. The van der Waals surface area contributed by atoms with Crippen molar-refractivity contribution in [2.24, 2.45) is 0 Å². The maximum absolute atomic E-state index is 11.8. The van der Waals surface area contributed by atoms with Crippen LogP contribution < -0.4 is 10.7 Å². The predicted molar refractivity (Wildman–Crippen MR) is 66.1 cm³/mol. The van der Waals surface area contributed by atoms with Crippen LogP contribution in [-0.4, -0.2) is 28.0 Å². The molecule has 3 amide bonds. The Hall–Kier alpha value is -3.34. The highest BCUT2D eigenvalue weighted by atomic mass is 16.4. The Balaban J connectivity index is 2.16. The number of hydrazine groups is 1. The number of urea groups is 1. The van der Waals surface area contributed by atoms with Gasteiger partial charge >= 0.3 is 12.0 Å². The van der Waals surface area contributed by atoms with Crippen LogP contribution in [0.2, 0.25) is 0 Å². The Morgan fingerprint density at radius 3 is 2.55 bits per heavy atom. The molecule has 1 fully saturated rings. The molecule has 0 aliphatic carbocycles. The standard InChI is InChI=1S/C12H8N4O4/c13-6-5-9-10(17)16(12(20)14-9)15-8-3-1-7(2-4-8)11(18)19/h1-5,15H,(H,14,20)(H,18,19)/b9-5-. The number of anilines is 1. The van der Waals surface area contributed by atoms with Gasteiger partial charge in [-0.2, -0.15) is 10.3 Å². The number of imide groups is 1. The van der Waals surface area contributed by atoms with Gasteiger partial charge < -0.3 is 10.4 Å². The Kier molecular flexibility index (Phi) is 3.35. The largest absolute Gasteiger partial charge is 0.478 e. The average Bonchev–Trinajstić information content (AvgIpc) is 2.68. The summed E-state index contributed by atoms with van der Waals surface area (Å²) in [5, 5.41) is 20.1. The Labute approximate surface area is 112 Å². The fourth-order valence-corrected chi connectivity index (χ4v) is 1.52. The maximum Gasteiger partial charge on any atom is 0.348 e. The van der Waals surface area contributed by atoms with Crippen LogP contribution in [0.3, 0.4) is 0 Å². The topological polar surface area (TPSA) is 123 Å². The summed E-state index contributed by atoms with van der Waals surface area (Å²) >= 11 is 0. The first-order valence-corrected chi connectivity index (χ1v) is 5.38. The summed E-state index contributed by atoms with van der Waals surface area (Å²) in [4.78, 5) is 34.0.